The molecule has 1 aromatic heterocycles. The molecule has 0 radical (unpaired) electrons. The Morgan fingerprint density at radius 2 is 2.21 bits per heavy atom. The molecule has 1 aliphatic heterocycles. The minimum absolute atomic E-state index is 0.105. The maximum atomic E-state index is 12.5. The van der Waals surface area contributed by atoms with E-state index < -0.39 is 0 Å². The van der Waals surface area contributed by atoms with Gasteiger partial charge in [0.05, 0.1) is 0 Å². The lowest BCUT2D eigenvalue weighted by Gasteiger charge is -2.26. The van der Waals surface area contributed by atoms with Crippen LogP contribution in [0.5, 0.6) is 0 Å². The first kappa shape index (κ1) is 16.2. The molecule has 2 amide bonds. The molecule has 24 heavy (non-hydrogen) atoms. The standard InChI is InChI=1S/C18H22N4O2/c1-3-16(23)22-8-7-15-14(11-22)17(21-20-15)18(24)19-10-13-6-4-5-12(2)9-13/h4-6,9H,3,7-8,10-11H2,1-2H3,(H,19,24)(H,20,21). The number of carbonyl (C=O) groups is 2. The van der Waals surface area contributed by atoms with Crippen LogP contribution < -0.4 is 5.32 Å². The molecule has 0 saturated heterocycles. The molecule has 6 nitrogen and oxygen atoms in total. The van der Waals surface area contributed by atoms with Gasteiger partial charge in [-0.1, -0.05) is 36.8 Å². The Hall–Kier alpha value is -2.63. The quantitative estimate of drug-likeness (QED) is 0.901. The van der Waals surface area contributed by atoms with Crippen LogP contribution in [0.1, 0.15) is 46.2 Å². The number of fused-ring (bicyclic) bond motifs is 1. The van der Waals surface area contributed by atoms with Gasteiger partial charge in [0, 0.05) is 43.7 Å². The van der Waals surface area contributed by atoms with E-state index in [1.54, 1.807) is 4.90 Å². The molecule has 0 saturated carbocycles. The zero-order chi connectivity index (χ0) is 17.1. The van der Waals surface area contributed by atoms with Gasteiger partial charge >= 0.3 is 0 Å². The Morgan fingerprint density at radius 1 is 1.38 bits per heavy atom. The molecule has 1 aliphatic rings. The van der Waals surface area contributed by atoms with Gasteiger partial charge in [0.15, 0.2) is 5.69 Å². The molecule has 0 atom stereocenters. The van der Waals surface area contributed by atoms with Crippen molar-refractivity contribution in [2.45, 2.75) is 39.8 Å². The van der Waals surface area contributed by atoms with Gasteiger partial charge in [-0.25, -0.2) is 0 Å². The molecular weight excluding hydrogens is 304 g/mol. The average molecular weight is 326 g/mol. The van der Waals surface area contributed by atoms with Crippen molar-refractivity contribution in [3.8, 4) is 0 Å². The molecule has 0 fully saturated rings. The number of aromatic amines is 1. The fraction of sp³-hybridized carbons (Fsp3) is 0.389. The highest BCUT2D eigenvalue weighted by atomic mass is 16.2. The summed E-state index contributed by atoms with van der Waals surface area (Å²) in [4.78, 5) is 26.2. The van der Waals surface area contributed by atoms with Crippen molar-refractivity contribution in [3.05, 3.63) is 52.3 Å². The third-order valence-corrected chi connectivity index (χ3v) is 4.34. The van der Waals surface area contributed by atoms with E-state index in [-0.39, 0.29) is 11.8 Å². The van der Waals surface area contributed by atoms with E-state index in [1.165, 1.54) is 0 Å². The van der Waals surface area contributed by atoms with E-state index in [0.29, 0.717) is 38.2 Å². The Labute approximate surface area is 141 Å². The molecule has 2 aromatic rings. The molecule has 1 aromatic carbocycles. The van der Waals surface area contributed by atoms with Gasteiger partial charge in [0.25, 0.3) is 5.91 Å². The van der Waals surface area contributed by atoms with Gasteiger partial charge < -0.3 is 10.2 Å². The number of amides is 2. The van der Waals surface area contributed by atoms with Gasteiger partial charge in [-0.2, -0.15) is 5.10 Å². The van der Waals surface area contributed by atoms with Gasteiger partial charge in [0.1, 0.15) is 0 Å². The summed E-state index contributed by atoms with van der Waals surface area (Å²) in [6.07, 6.45) is 1.18. The minimum Gasteiger partial charge on any atom is -0.347 e. The molecule has 6 heteroatoms. The van der Waals surface area contributed by atoms with Crippen molar-refractivity contribution < 1.29 is 9.59 Å². The molecule has 2 heterocycles. The van der Waals surface area contributed by atoms with E-state index in [0.717, 1.165) is 22.4 Å². The largest absolute Gasteiger partial charge is 0.347 e. The molecule has 0 spiro atoms. The summed E-state index contributed by atoms with van der Waals surface area (Å²) in [5.74, 6) is -0.104. The smallest absolute Gasteiger partial charge is 0.272 e. The zero-order valence-corrected chi connectivity index (χ0v) is 14.1. The van der Waals surface area contributed by atoms with E-state index in [1.807, 2.05) is 38.1 Å². The first-order valence-electron chi connectivity index (χ1n) is 8.26. The summed E-state index contributed by atoms with van der Waals surface area (Å²) in [6, 6.07) is 8.02. The fourth-order valence-electron chi connectivity index (χ4n) is 3.01. The predicted molar refractivity (Wildman–Crippen MR) is 90.3 cm³/mol. The van der Waals surface area contributed by atoms with E-state index in [9.17, 15) is 9.59 Å². The number of nitrogens with zero attached hydrogens (tertiary/aromatic N) is 2. The van der Waals surface area contributed by atoms with Crippen LogP contribution in [0.15, 0.2) is 24.3 Å². The third kappa shape index (κ3) is 3.32. The Balaban J connectivity index is 1.70. The fourth-order valence-corrected chi connectivity index (χ4v) is 3.01. The van der Waals surface area contributed by atoms with Gasteiger partial charge in [-0.05, 0) is 12.5 Å². The molecule has 3 rings (SSSR count). The second kappa shape index (κ2) is 6.86. The molecule has 126 valence electrons. The van der Waals surface area contributed by atoms with Crippen LogP contribution in [-0.4, -0.2) is 33.5 Å². The van der Waals surface area contributed by atoms with Crippen molar-refractivity contribution in [1.29, 1.82) is 0 Å². The molecule has 2 N–H and O–H groups in total. The van der Waals surface area contributed by atoms with Gasteiger partial charge in [0.2, 0.25) is 5.91 Å². The lowest BCUT2D eigenvalue weighted by Crippen LogP contribution is -2.36. The molecule has 0 aliphatic carbocycles. The summed E-state index contributed by atoms with van der Waals surface area (Å²) in [7, 11) is 0. The van der Waals surface area contributed by atoms with Crippen molar-refractivity contribution in [2.24, 2.45) is 0 Å². The molecule has 0 bridgehead atoms. The van der Waals surface area contributed by atoms with Crippen molar-refractivity contribution >= 4 is 11.8 Å². The zero-order valence-electron chi connectivity index (χ0n) is 14.1. The summed E-state index contributed by atoms with van der Waals surface area (Å²) in [6.45, 7) is 5.45. The topological polar surface area (TPSA) is 78.1 Å². The van der Waals surface area contributed by atoms with Crippen LogP contribution in [0.4, 0.5) is 0 Å². The Kier molecular flexibility index (Phi) is 4.64. The SMILES string of the molecule is CCC(=O)N1CCc2[nH]nc(C(=O)NCc3cccc(C)c3)c2C1. The number of aromatic nitrogens is 2. The summed E-state index contributed by atoms with van der Waals surface area (Å²) >= 11 is 0. The molecular formula is C18H22N4O2. The first-order chi connectivity index (χ1) is 11.6. The summed E-state index contributed by atoms with van der Waals surface area (Å²) in [5.41, 5.74) is 4.40. The van der Waals surface area contributed by atoms with Crippen LogP contribution in [0.3, 0.4) is 0 Å². The number of H-pyrrole nitrogens is 1. The predicted octanol–water partition coefficient (Wildman–Crippen LogP) is 1.94. The second-order valence-electron chi connectivity index (χ2n) is 6.12. The Morgan fingerprint density at radius 3 is 2.96 bits per heavy atom. The van der Waals surface area contributed by atoms with E-state index in [4.69, 9.17) is 0 Å². The van der Waals surface area contributed by atoms with E-state index >= 15 is 0 Å². The Bertz CT molecular complexity index is 766. The van der Waals surface area contributed by atoms with Crippen molar-refractivity contribution in [3.63, 3.8) is 0 Å². The number of carbonyl (C=O) groups excluding carboxylic acids is 2. The maximum absolute atomic E-state index is 12.5. The van der Waals surface area contributed by atoms with Crippen LogP contribution in [0.2, 0.25) is 0 Å². The van der Waals surface area contributed by atoms with Crippen molar-refractivity contribution in [1.82, 2.24) is 20.4 Å². The van der Waals surface area contributed by atoms with E-state index in [2.05, 4.69) is 15.5 Å². The lowest BCUT2D eigenvalue weighted by molar-refractivity contribution is -0.131. The van der Waals surface area contributed by atoms with Gasteiger partial charge in [-0.15, -0.1) is 0 Å². The van der Waals surface area contributed by atoms with Gasteiger partial charge in [-0.3, -0.25) is 14.7 Å². The number of aryl methyl sites for hydroxylation is 1. The lowest BCUT2D eigenvalue weighted by atomic mass is 10.0. The van der Waals surface area contributed by atoms with Crippen LogP contribution in [-0.2, 0) is 24.3 Å². The average Bonchev–Trinajstić information content (AvgIpc) is 3.02. The number of rotatable bonds is 4. The normalized spacial score (nSPS) is 13.5. The minimum atomic E-state index is -0.209. The van der Waals surface area contributed by atoms with Crippen LogP contribution in [0.25, 0.3) is 0 Å². The number of hydrogen-bond donors (Lipinski definition) is 2. The number of nitrogens with one attached hydrogen (secondary N) is 2. The third-order valence-electron chi connectivity index (χ3n) is 4.34. The van der Waals surface area contributed by atoms with Crippen molar-refractivity contribution in [2.75, 3.05) is 6.54 Å². The number of hydrogen-bond acceptors (Lipinski definition) is 3. The maximum Gasteiger partial charge on any atom is 0.272 e. The number of benzene rings is 1. The highest BCUT2D eigenvalue weighted by Crippen LogP contribution is 2.21. The monoisotopic (exact) mass is 326 g/mol. The summed E-state index contributed by atoms with van der Waals surface area (Å²) in [5, 5.41) is 10.0. The van der Waals surface area contributed by atoms with Crippen LogP contribution in [0, 0.1) is 6.92 Å². The summed E-state index contributed by atoms with van der Waals surface area (Å²) < 4.78 is 0. The molecule has 0 unspecified atom stereocenters. The second-order valence-corrected chi connectivity index (χ2v) is 6.12. The van der Waals surface area contributed by atoms with Crippen LogP contribution >= 0.6 is 0 Å². The highest BCUT2D eigenvalue weighted by Gasteiger charge is 2.27. The highest BCUT2D eigenvalue weighted by molar-refractivity contribution is 5.94. The first-order valence-corrected chi connectivity index (χ1v) is 8.26.